The Hall–Kier alpha value is -2.10. The summed E-state index contributed by atoms with van der Waals surface area (Å²) in [6.45, 7) is 7.13. The first kappa shape index (κ1) is 14.5. The predicted molar refractivity (Wildman–Crippen MR) is 90.3 cm³/mol. The lowest BCUT2D eigenvalue weighted by Crippen LogP contribution is -2.27. The van der Waals surface area contributed by atoms with Crippen molar-refractivity contribution in [1.29, 1.82) is 0 Å². The van der Waals surface area contributed by atoms with E-state index in [1.54, 1.807) is 0 Å². The highest BCUT2D eigenvalue weighted by molar-refractivity contribution is 5.80. The van der Waals surface area contributed by atoms with Gasteiger partial charge in [0.2, 0.25) is 5.91 Å². The summed E-state index contributed by atoms with van der Waals surface area (Å²) in [5.41, 5.74) is 5.80. The largest absolute Gasteiger partial charge is 0.345 e. The molecule has 2 heterocycles. The van der Waals surface area contributed by atoms with Crippen LogP contribution < -0.4 is 0 Å². The Morgan fingerprint density at radius 2 is 2.00 bits per heavy atom. The second-order valence-corrected chi connectivity index (χ2v) is 7.09. The zero-order valence-corrected chi connectivity index (χ0v) is 14.0. The van der Waals surface area contributed by atoms with Crippen LogP contribution in [0.25, 0.3) is 11.3 Å². The van der Waals surface area contributed by atoms with Gasteiger partial charge in [0.15, 0.2) is 0 Å². The molecule has 1 aromatic heterocycles. The zero-order chi connectivity index (χ0) is 16.1. The minimum atomic E-state index is 0.210. The second kappa shape index (κ2) is 5.22. The SMILES string of the molecule is Cc1ccc(-c2nc([C@@H]3CC(=O)N(C4CC4)C3)[nH]c2C)c(C)c1. The fourth-order valence-electron chi connectivity index (χ4n) is 3.67. The summed E-state index contributed by atoms with van der Waals surface area (Å²) in [4.78, 5) is 22.5. The molecule has 2 aliphatic rings. The number of H-pyrrole nitrogens is 1. The van der Waals surface area contributed by atoms with E-state index in [2.05, 4.69) is 48.9 Å². The minimum absolute atomic E-state index is 0.210. The molecule has 4 rings (SSSR count). The van der Waals surface area contributed by atoms with Crippen molar-refractivity contribution in [3.63, 3.8) is 0 Å². The minimum Gasteiger partial charge on any atom is -0.345 e. The van der Waals surface area contributed by atoms with Gasteiger partial charge in [-0.1, -0.05) is 23.8 Å². The molecule has 1 saturated carbocycles. The Balaban J connectivity index is 1.63. The third kappa shape index (κ3) is 2.56. The molecule has 0 unspecified atom stereocenters. The van der Waals surface area contributed by atoms with Crippen molar-refractivity contribution in [2.75, 3.05) is 6.54 Å². The molecular weight excluding hydrogens is 286 g/mol. The van der Waals surface area contributed by atoms with Crippen molar-refractivity contribution in [3.8, 4) is 11.3 Å². The van der Waals surface area contributed by atoms with Crippen molar-refractivity contribution in [2.45, 2.75) is 52.0 Å². The lowest BCUT2D eigenvalue weighted by atomic mass is 10.0. The highest BCUT2D eigenvalue weighted by Crippen LogP contribution is 2.37. The molecule has 2 aromatic rings. The van der Waals surface area contributed by atoms with Gasteiger partial charge >= 0.3 is 0 Å². The van der Waals surface area contributed by atoms with E-state index in [0.29, 0.717) is 18.4 Å². The summed E-state index contributed by atoms with van der Waals surface area (Å²) >= 11 is 0. The van der Waals surface area contributed by atoms with E-state index in [1.165, 1.54) is 29.5 Å². The van der Waals surface area contributed by atoms with Crippen molar-refractivity contribution in [2.24, 2.45) is 0 Å². The summed E-state index contributed by atoms with van der Waals surface area (Å²) in [7, 11) is 0. The van der Waals surface area contributed by atoms with Crippen LogP contribution in [0.2, 0.25) is 0 Å². The molecule has 1 aliphatic carbocycles. The van der Waals surface area contributed by atoms with Gasteiger partial charge in [-0.05, 0) is 39.2 Å². The molecule has 4 heteroatoms. The molecule has 0 spiro atoms. The summed E-state index contributed by atoms with van der Waals surface area (Å²) in [5, 5.41) is 0. The van der Waals surface area contributed by atoms with Crippen LogP contribution in [0.15, 0.2) is 18.2 Å². The summed E-state index contributed by atoms with van der Waals surface area (Å²) in [6, 6.07) is 6.97. The second-order valence-electron chi connectivity index (χ2n) is 7.09. The quantitative estimate of drug-likeness (QED) is 0.943. The van der Waals surface area contributed by atoms with E-state index >= 15 is 0 Å². The highest BCUT2D eigenvalue weighted by atomic mass is 16.2. The van der Waals surface area contributed by atoms with Crippen molar-refractivity contribution in [3.05, 3.63) is 40.8 Å². The maximum Gasteiger partial charge on any atom is 0.223 e. The Morgan fingerprint density at radius 3 is 2.70 bits per heavy atom. The number of aryl methyl sites for hydroxylation is 3. The number of nitrogens with one attached hydrogen (secondary N) is 1. The van der Waals surface area contributed by atoms with Crippen LogP contribution in [0.3, 0.4) is 0 Å². The number of aromatic amines is 1. The number of aromatic nitrogens is 2. The molecule has 0 bridgehead atoms. The van der Waals surface area contributed by atoms with Crippen LogP contribution in [0.5, 0.6) is 0 Å². The average Bonchev–Trinajstić information content (AvgIpc) is 3.16. The molecule has 2 fully saturated rings. The molecule has 1 N–H and O–H groups in total. The van der Waals surface area contributed by atoms with Crippen LogP contribution in [-0.4, -0.2) is 33.4 Å². The van der Waals surface area contributed by atoms with Gasteiger partial charge < -0.3 is 9.88 Å². The topological polar surface area (TPSA) is 49.0 Å². The van der Waals surface area contributed by atoms with Gasteiger partial charge in [0.1, 0.15) is 5.82 Å². The molecule has 1 aromatic carbocycles. The Kier molecular flexibility index (Phi) is 3.29. The van der Waals surface area contributed by atoms with Crippen molar-refractivity contribution >= 4 is 5.91 Å². The van der Waals surface area contributed by atoms with Gasteiger partial charge in [0.25, 0.3) is 0 Å². The van der Waals surface area contributed by atoms with Crippen LogP contribution in [0.1, 0.15) is 47.8 Å². The lowest BCUT2D eigenvalue weighted by Gasteiger charge is -2.14. The number of rotatable bonds is 3. The molecule has 1 atom stereocenters. The Labute approximate surface area is 136 Å². The lowest BCUT2D eigenvalue weighted by molar-refractivity contribution is -0.128. The van der Waals surface area contributed by atoms with Crippen LogP contribution in [0, 0.1) is 20.8 Å². The summed E-state index contributed by atoms with van der Waals surface area (Å²) in [5.74, 6) is 1.47. The highest BCUT2D eigenvalue weighted by Gasteiger charge is 2.40. The van der Waals surface area contributed by atoms with Gasteiger partial charge in [-0.2, -0.15) is 0 Å². The molecule has 4 nitrogen and oxygen atoms in total. The first-order valence-electron chi connectivity index (χ1n) is 8.46. The number of likely N-dealkylation sites (tertiary alicyclic amines) is 1. The Bertz CT molecular complexity index is 773. The van der Waals surface area contributed by atoms with Gasteiger partial charge in [-0.25, -0.2) is 4.98 Å². The number of imidazole rings is 1. The van der Waals surface area contributed by atoms with E-state index in [1.807, 2.05) is 0 Å². The molecule has 23 heavy (non-hydrogen) atoms. The van der Waals surface area contributed by atoms with Crippen LogP contribution in [0.4, 0.5) is 0 Å². The van der Waals surface area contributed by atoms with Gasteiger partial charge in [-0.15, -0.1) is 0 Å². The molecule has 1 saturated heterocycles. The average molecular weight is 309 g/mol. The van der Waals surface area contributed by atoms with Crippen LogP contribution in [-0.2, 0) is 4.79 Å². The number of hydrogen-bond acceptors (Lipinski definition) is 2. The molecule has 0 radical (unpaired) electrons. The maximum atomic E-state index is 12.2. The first-order chi connectivity index (χ1) is 11.0. The van der Waals surface area contributed by atoms with Crippen LogP contribution >= 0.6 is 0 Å². The van der Waals surface area contributed by atoms with E-state index < -0.39 is 0 Å². The third-order valence-corrected chi connectivity index (χ3v) is 5.07. The first-order valence-corrected chi connectivity index (χ1v) is 8.46. The number of carbonyl (C=O) groups excluding carboxylic acids is 1. The van der Waals surface area contributed by atoms with E-state index in [0.717, 1.165) is 23.8 Å². The number of nitrogens with zero attached hydrogens (tertiary/aromatic N) is 2. The van der Waals surface area contributed by atoms with Gasteiger partial charge in [0.05, 0.1) is 5.69 Å². The number of hydrogen-bond donors (Lipinski definition) is 1. The molecule has 1 aliphatic heterocycles. The fraction of sp³-hybridized carbons (Fsp3) is 0.474. The number of amides is 1. The smallest absolute Gasteiger partial charge is 0.223 e. The van der Waals surface area contributed by atoms with E-state index in [4.69, 9.17) is 4.98 Å². The van der Waals surface area contributed by atoms with Gasteiger partial charge in [-0.3, -0.25) is 4.79 Å². The maximum absolute atomic E-state index is 12.2. The third-order valence-electron chi connectivity index (χ3n) is 5.07. The molecule has 1 amide bonds. The molecular formula is C19H23N3O. The molecule has 120 valence electrons. The van der Waals surface area contributed by atoms with E-state index in [9.17, 15) is 4.79 Å². The fourth-order valence-corrected chi connectivity index (χ4v) is 3.67. The standard InChI is InChI=1S/C19H23N3O/c1-11-4-7-16(12(2)8-11)18-13(3)20-19(21-18)14-9-17(23)22(10-14)15-5-6-15/h4,7-8,14-15H,5-6,9-10H2,1-3H3,(H,20,21)/t14-/m1/s1. The monoisotopic (exact) mass is 309 g/mol. The Morgan fingerprint density at radius 1 is 1.22 bits per heavy atom. The van der Waals surface area contributed by atoms with Crippen molar-refractivity contribution < 1.29 is 4.79 Å². The zero-order valence-electron chi connectivity index (χ0n) is 14.0. The normalized spacial score (nSPS) is 21.3. The predicted octanol–water partition coefficient (Wildman–Crippen LogP) is 3.48. The van der Waals surface area contributed by atoms with Crippen molar-refractivity contribution in [1.82, 2.24) is 14.9 Å². The van der Waals surface area contributed by atoms with Gasteiger partial charge in [0, 0.05) is 36.2 Å². The number of carbonyl (C=O) groups is 1. The number of benzene rings is 1. The summed E-state index contributed by atoms with van der Waals surface area (Å²) < 4.78 is 0. The van der Waals surface area contributed by atoms with E-state index in [-0.39, 0.29) is 5.92 Å². The summed E-state index contributed by atoms with van der Waals surface area (Å²) in [6.07, 6.45) is 2.93.